The highest BCUT2D eigenvalue weighted by molar-refractivity contribution is 5.95. The molecule has 0 radical (unpaired) electrons. The Hall–Kier alpha value is -2.89. The third kappa shape index (κ3) is 3.03. The lowest BCUT2D eigenvalue weighted by molar-refractivity contribution is 0.0578. The normalized spacial score (nSPS) is 14.3. The molecule has 1 amide bonds. The lowest BCUT2D eigenvalue weighted by Crippen LogP contribution is -2.39. The molecule has 0 spiro atoms. The SMILES string of the molecule is CC(C)(C)OC(=O)N1CCCc2ccc(-c3n[nH]c4cnccc34)cc21. The number of H-pyrrole nitrogens is 1. The first-order valence-corrected chi connectivity index (χ1v) is 8.84. The third-order valence-electron chi connectivity index (χ3n) is 4.46. The molecule has 1 aliphatic heterocycles. The highest BCUT2D eigenvalue weighted by atomic mass is 16.6. The van der Waals surface area contributed by atoms with E-state index in [0.29, 0.717) is 6.54 Å². The van der Waals surface area contributed by atoms with Crippen LogP contribution >= 0.6 is 0 Å². The lowest BCUT2D eigenvalue weighted by Gasteiger charge is -2.32. The number of hydrogen-bond donors (Lipinski definition) is 1. The number of amides is 1. The number of fused-ring (bicyclic) bond motifs is 2. The van der Waals surface area contributed by atoms with Gasteiger partial charge in [-0.05, 0) is 51.3 Å². The van der Waals surface area contributed by atoms with Crippen LogP contribution in [0.15, 0.2) is 36.7 Å². The van der Waals surface area contributed by atoms with Gasteiger partial charge in [0.05, 0.1) is 17.4 Å². The molecule has 0 saturated carbocycles. The summed E-state index contributed by atoms with van der Waals surface area (Å²) in [5, 5.41) is 8.47. The molecule has 0 bridgehead atoms. The zero-order valence-corrected chi connectivity index (χ0v) is 15.2. The van der Waals surface area contributed by atoms with Gasteiger partial charge in [0.15, 0.2) is 0 Å². The zero-order chi connectivity index (χ0) is 18.3. The summed E-state index contributed by atoms with van der Waals surface area (Å²) in [5.74, 6) is 0. The van der Waals surface area contributed by atoms with Gasteiger partial charge in [-0.1, -0.05) is 12.1 Å². The Morgan fingerprint density at radius 2 is 2.12 bits per heavy atom. The van der Waals surface area contributed by atoms with Crippen LogP contribution in [0.25, 0.3) is 22.2 Å². The summed E-state index contributed by atoms with van der Waals surface area (Å²) in [7, 11) is 0. The molecule has 0 aliphatic carbocycles. The fraction of sp³-hybridized carbons (Fsp3) is 0.350. The van der Waals surface area contributed by atoms with E-state index >= 15 is 0 Å². The molecule has 1 aliphatic rings. The number of carbonyl (C=O) groups excluding carboxylic acids is 1. The summed E-state index contributed by atoms with van der Waals surface area (Å²) < 4.78 is 5.59. The van der Waals surface area contributed by atoms with Crippen LogP contribution in [0.4, 0.5) is 10.5 Å². The molecule has 26 heavy (non-hydrogen) atoms. The maximum atomic E-state index is 12.7. The van der Waals surface area contributed by atoms with Gasteiger partial charge in [-0.2, -0.15) is 5.10 Å². The van der Waals surface area contributed by atoms with Crippen molar-refractivity contribution < 1.29 is 9.53 Å². The molecule has 3 aromatic rings. The van der Waals surface area contributed by atoms with Crippen molar-refractivity contribution in [1.29, 1.82) is 0 Å². The fourth-order valence-electron chi connectivity index (χ4n) is 3.32. The number of ether oxygens (including phenoxy) is 1. The molecule has 6 heteroatoms. The number of pyridine rings is 1. The summed E-state index contributed by atoms with van der Waals surface area (Å²) in [5.41, 5.74) is 4.28. The molecule has 0 atom stereocenters. The van der Waals surface area contributed by atoms with Gasteiger partial charge in [0.1, 0.15) is 11.3 Å². The van der Waals surface area contributed by atoms with E-state index in [1.54, 1.807) is 17.3 Å². The number of aryl methyl sites for hydroxylation is 1. The van der Waals surface area contributed by atoms with Crippen molar-refractivity contribution in [1.82, 2.24) is 15.2 Å². The highest BCUT2D eigenvalue weighted by Crippen LogP contribution is 2.34. The van der Waals surface area contributed by atoms with Gasteiger partial charge in [-0.3, -0.25) is 15.0 Å². The van der Waals surface area contributed by atoms with E-state index < -0.39 is 5.60 Å². The zero-order valence-electron chi connectivity index (χ0n) is 15.2. The largest absolute Gasteiger partial charge is 0.443 e. The first-order chi connectivity index (χ1) is 12.4. The van der Waals surface area contributed by atoms with Crippen molar-refractivity contribution in [3.8, 4) is 11.3 Å². The Kier molecular flexibility index (Phi) is 3.90. The number of aromatic amines is 1. The number of hydrogen-bond acceptors (Lipinski definition) is 4. The van der Waals surface area contributed by atoms with Crippen LogP contribution in [0, 0.1) is 0 Å². The van der Waals surface area contributed by atoms with E-state index in [-0.39, 0.29) is 6.09 Å². The molecule has 1 aromatic carbocycles. The van der Waals surface area contributed by atoms with E-state index in [1.165, 1.54) is 0 Å². The van der Waals surface area contributed by atoms with E-state index in [1.807, 2.05) is 32.9 Å². The molecular weight excluding hydrogens is 328 g/mol. The predicted molar refractivity (Wildman–Crippen MR) is 101 cm³/mol. The minimum Gasteiger partial charge on any atom is -0.443 e. The lowest BCUT2D eigenvalue weighted by atomic mass is 9.98. The predicted octanol–water partition coefficient (Wildman–Crippen LogP) is 4.31. The van der Waals surface area contributed by atoms with Crippen LogP contribution in [-0.4, -0.2) is 33.4 Å². The Labute approximate surface area is 152 Å². The molecule has 0 unspecified atom stereocenters. The number of carbonyl (C=O) groups is 1. The van der Waals surface area contributed by atoms with Crippen molar-refractivity contribution in [3.63, 3.8) is 0 Å². The van der Waals surface area contributed by atoms with E-state index in [2.05, 4.69) is 27.3 Å². The molecule has 6 nitrogen and oxygen atoms in total. The molecule has 0 saturated heterocycles. The second kappa shape index (κ2) is 6.12. The smallest absolute Gasteiger partial charge is 0.414 e. The first kappa shape index (κ1) is 16.6. The van der Waals surface area contributed by atoms with Gasteiger partial charge in [0.25, 0.3) is 0 Å². The quantitative estimate of drug-likeness (QED) is 0.710. The molecule has 4 rings (SSSR count). The second-order valence-corrected chi connectivity index (χ2v) is 7.57. The average molecular weight is 350 g/mol. The van der Waals surface area contributed by atoms with Crippen LogP contribution in [0.1, 0.15) is 32.8 Å². The summed E-state index contributed by atoms with van der Waals surface area (Å²) in [6, 6.07) is 8.13. The number of anilines is 1. The number of benzene rings is 1. The molecule has 3 heterocycles. The number of rotatable bonds is 1. The van der Waals surface area contributed by atoms with Gasteiger partial charge < -0.3 is 4.74 Å². The third-order valence-corrected chi connectivity index (χ3v) is 4.46. The van der Waals surface area contributed by atoms with Gasteiger partial charge in [0, 0.05) is 23.7 Å². The van der Waals surface area contributed by atoms with Crippen LogP contribution in [-0.2, 0) is 11.2 Å². The van der Waals surface area contributed by atoms with E-state index in [4.69, 9.17) is 4.74 Å². The van der Waals surface area contributed by atoms with Crippen LogP contribution < -0.4 is 4.90 Å². The van der Waals surface area contributed by atoms with E-state index in [9.17, 15) is 4.79 Å². The topological polar surface area (TPSA) is 71.1 Å². The van der Waals surface area contributed by atoms with Crippen molar-refractivity contribution in [3.05, 3.63) is 42.2 Å². The summed E-state index contributed by atoms with van der Waals surface area (Å²) in [6.07, 6.45) is 5.11. The van der Waals surface area contributed by atoms with Crippen molar-refractivity contribution >= 4 is 22.7 Å². The standard InChI is InChI=1S/C20H22N4O2/c1-20(2,3)26-19(25)24-10-4-5-13-6-7-14(11-17(13)24)18-15-8-9-21-12-16(15)22-23-18/h6-9,11-12H,4-5,10H2,1-3H3,(H,22,23). The van der Waals surface area contributed by atoms with Crippen LogP contribution in [0.2, 0.25) is 0 Å². The Morgan fingerprint density at radius 3 is 2.92 bits per heavy atom. The maximum absolute atomic E-state index is 12.7. The minimum absolute atomic E-state index is 0.299. The molecule has 2 aromatic heterocycles. The summed E-state index contributed by atoms with van der Waals surface area (Å²) >= 11 is 0. The first-order valence-electron chi connectivity index (χ1n) is 8.84. The van der Waals surface area contributed by atoms with Crippen molar-refractivity contribution in [2.24, 2.45) is 0 Å². The maximum Gasteiger partial charge on any atom is 0.414 e. The van der Waals surface area contributed by atoms with E-state index in [0.717, 1.165) is 46.3 Å². The van der Waals surface area contributed by atoms with Gasteiger partial charge in [-0.25, -0.2) is 4.79 Å². The summed E-state index contributed by atoms with van der Waals surface area (Å²) in [6.45, 7) is 6.32. The Morgan fingerprint density at radius 1 is 1.27 bits per heavy atom. The van der Waals surface area contributed by atoms with Crippen molar-refractivity contribution in [2.75, 3.05) is 11.4 Å². The fourth-order valence-corrected chi connectivity index (χ4v) is 3.32. The molecule has 0 fully saturated rings. The second-order valence-electron chi connectivity index (χ2n) is 7.57. The van der Waals surface area contributed by atoms with Gasteiger partial charge in [-0.15, -0.1) is 0 Å². The van der Waals surface area contributed by atoms with Gasteiger partial charge in [0.2, 0.25) is 0 Å². The Balaban J connectivity index is 1.75. The molecule has 1 N–H and O–H groups in total. The van der Waals surface area contributed by atoms with Crippen LogP contribution in [0.5, 0.6) is 0 Å². The highest BCUT2D eigenvalue weighted by Gasteiger charge is 2.27. The summed E-state index contributed by atoms with van der Waals surface area (Å²) in [4.78, 5) is 18.5. The minimum atomic E-state index is -0.516. The molecular formula is C20H22N4O2. The van der Waals surface area contributed by atoms with Gasteiger partial charge >= 0.3 is 6.09 Å². The number of nitrogens with one attached hydrogen (secondary N) is 1. The Bertz CT molecular complexity index is 971. The molecule has 134 valence electrons. The number of nitrogens with zero attached hydrogens (tertiary/aromatic N) is 3. The van der Waals surface area contributed by atoms with Crippen molar-refractivity contribution in [2.45, 2.75) is 39.2 Å². The van der Waals surface area contributed by atoms with Crippen LogP contribution in [0.3, 0.4) is 0 Å². The number of aromatic nitrogens is 3. The average Bonchev–Trinajstić information content (AvgIpc) is 3.03. The monoisotopic (exact) mass is 350 g/mol.